The van der Waals surface area contributed by atoms with Gasteiger partial charge in [0, 0.05) is 0 Å². The van der Waals surface area contributed by atoms with Gasteiger partial charge in [0.1, 0.15) is 0 Å². The van der Waals surface area contributed by atoms with E-state index >= 15 is 0 Å². The summed E-state index contributed by atoms with van der Waals surface area (Å²) in [7, 11) is 0. The van der Waals surface area contributed by atoms with Crippen molar-refractivity contribution in [3.63, 3.8) is 0 Å². The molecule has 2 aliphatic rings. The van der Waals surface area contributed by atoms with Crippen molar-refractivity contribution < 1.29 is 9.47 Å². The molecule has 2 nitrogen and oxygen atoms in total. The Balaban J connectivity index is 1.25. The minimum absolute atomic E-state index is 0.381. The molecule has 0 radical (unpaired) electrons. The van der Waals surface area contributed by atoms with Crippen LogP contribution in [0.4, 0.5) is 0 Å². The van der Waals surface area contributed by atoms with Crippen molar-refractivity contribution in [1.82, 2.24) is 0 Å². The maximum atomic E-state index is 6.01. The Kier molecular flexibility index (Phi) is 3.62. The Morgan fingerprint density at radius 1 is 0.762 bits per heavy atom. The average molecular weight is 345 g/mol. The van der Waals surface area contributed by atoms with Gasteiger partial charge < -0.3 is 0 Å². The van der Waals surface area contributed by atoms with E-state index in [1.165, 1.54) is 21.8 Å². The van der Waals surface area contributed by atoms with Crippen molar-refractivity contribution in [3.8, 4) is 11.5 Å². The van der Waals surface area contributed by atoms with Crippen molar-refractivity contribution in [2.75, 3.05) is 0 Å². The van der Waals surface area contributed by atoms with Gasteiger partial charge in [0.15, 0.2) is 0 Å². The van der Waals surface area contributed by atoms with E-state index in [4.69, 9.17) is 9.47 Å². The third-order valence-corrected chi connectivity index (χ3v) is 6.58. The maximum absolute atomic E-state index is 6.01. The monoisotopic (exact) mass is 346 g/mol. The van der Waals surface area contributed by atoms with Gasteiger partial charge in [-0.1, -0.05) is 0 Å². The van der Waals surface area contributed by atoms with E-state index in [2.05, 4.69) is 48.5 Å². The third kappa shape index (κ3) is 2.81. The summed E-state index contributed by atoms with van der Waals surface area (Å²) >= 11 is 0.583. The molecule has 0 bridgehead atoms. The van der Waals surface area contributed by atoms with Crippen LogP contribution in [0.2, 0.25) is 10.6 Å². The summed E-state index contributed by atoms with van der Waals surface area (Å²) < 4.78 is 12.0. The first kappa shape index (κ1) is 13.2. The van der Waals surface area contributed by atoms with Crippen molar-refractivity contribution in [1.29, 1.82) is 0 Å². The first-order valence-electron chi connectivity index (χ1n) is 7.45. The molecule has 108 valence electrons. The molecule has 2 atom stereocenters. The van der Waals surface area contributed by atoms with Crippen LogP contribution in [0.15, 0.2) is 48.5 Å². The third-order valence-electron chi connectivity index (χ3n) is 4.04. The molecule has 3 heteroatoms. The Labute approximate surface area is 131 Å². The fourth-order valence-electron chi connectivity index (χ4n) is 3.02. The number of para-hydroxylation sites is 2. The van der Waals surface area contributed by atoms with Crippen molar-refractivity contribution in [2.45, 2.75) is 35.7 Å². The van der Waals surface area contributed by atoms with E-state index in [0.29, 0.717) is 27.2 Å². The number of benzene rings is 2. The molecule has 0 N–H and O–H groups in total. The van der Waals surface area contributed by atoms with E-state index in [-0.39, 0.29) is 0 Å². The van der Waals surface area contributed by atoms with Crippen LogP contribution >= 0.6 is 0 Å². The zero-order valence-corrected chi connectivity index (χ0v) is 13.5. The molecule has 0 saturated heterocycles. The molecule has 2 unspecified atom stereocenters. The van der Waals surface area contributed by atoms with Gasteiger partial charge in [-0.05, 0) is 0 Å². The number of rotatable bonds is 4. The predicted octanol–water partition coefficient (Wildman–Crippen LogP) is 3.53. The van der Waals surface area contributed by atoms with Crippen LogP contribution in [0.5, 0.6) is 11.5 Å². The van der Waals surface area contributed by atoms with Crippen molar-refractivity contribution in [3.05, 3.63) is 59.7 Å². The van der Waals surface area contributed by atoms with Crippen LogP contribution in [-0.2, 0) is 12.8 Å². The minimum atomic E-state index is 0.381. The first-order valence-corrected chi connectivity index (χ1v) is 9.87. The van der Waals surface area contributed by atoms with Gasteiger partial charge in [-0.3, -0.25) is 0 Å². The molecule has 2 heterocycles. The molecular formula is C18H18O2Se. The topological polar surface area (TPSA) is 18.5 Å². The second-order valence-electron chi connectivity index (χ2n) is 5.64. The fraction of sp³-hybridized carbons (Fsp3) is 0.333. The van der Waals surface area contributed by atoms with Crippen LogP contribution in [0.25, 0.3) is 0 Å². The second-order valence-corrected chi connectivity index (χ2v) is 7.90. The Morgan fingerprint density at radius 3 is 1.71 bits per heavy atom. The summed E-state index contributed by atoms with van der Waals surface area (Å²) in [5, 5.41) is 2.36. The van der Waals surface area contributed by atoms with E-state index in [1.54, 1.807) is 0 Å². The fourth-order valence-corrected chi connectivity index (χ4v) is 5.19. The SMILES string of the molecule is c1ccc2c(c1)CC(C[Se]CC1Cc3ccccc3O1)O2. The summed E-state index contributed by atoms with van der Waals surface area (Å²) in [6.07, 6.45) is 2.91. The molecule has 0 aromatic heterocycles. The normalized spacial score (nSPS) is 22.3. The number of ether oxygens (including phenoxy) is 2. The Hall–Kier alpha value is -1.44. The summed E-state index contributed by atoms with van der Waals surface area (Å²) in [5.41, 5.74) is 2.73. The average Bonchev–Trinajstić information content (AvgIpc) is 3.09. The summed E-state index contributed by atoms with van der Waals surface area (Å²) in [4.78, 5) is 0. The molecule has 21 heavy (non-hydrogen) atoms. The molecule has 0 fully saturated rings. The van der Waals surface area contributed by atoms with Crippen LogP contribution in [0.1, 0.15) is 11.1 Å². The van der Waals surface area contributed by atoms with Crippen LogP contribution in [0, 0.1) is 0 Å². The van der Waals surface area contributed by atoms with E-state index in [1.807, 2.05) is 0 Å². The van der Waals surface area contributed by atoms with Crippen LogP contribution < -0.4 is 9.47 Å². The van der Waals surface area contributed by atoms with E-state index in [0.717, 1.165) is 24.3 Å². The van der Waals surface area contributed by atoms with Crippen LogP contribution in [-0.4, -0.2) is 27.2 Å². The summed E-state index contributed by atoms with van der Waals surface area (Å²) in [6.45, 7) is 0. The van der Waals surface area contributed by atoms with Crippen LogP contribution in [0.3, 0.4) is 0 Å². The zero-order chi connectivity index (χ0) is 14.1. The van der Waals surface area contributed by atoms with Gasteiger partial charge in [0.2, 0.25) is 0 Å². The number of fused-ring (bicyclic) bond motifs is 2. The molecule has 0 saturated carbocycles. The van der Waals surface area contributed by atoms with Gasteiger partial charge in [-0.25, -0.2) is 0 Å². The second kappa shape index (κ2) is 5.75. The summed E-state index contributed by atoms with van der Waals surface area (Å²) in [5.74, 6) is 2.17. The molecule has 2 aromatic carbocycles. The van der Waals surface area contributed by atoms with E-state index < -0.39 is 0 Å². The quantitative estimate of drug-likeness (QED) is 0.790. The first-order chi connectivity index (χ1) is 10.4. The molecule has 0 aliphatic carbocycles. The zero-order valence-electron chi connectivity index (χ0n) is 11.8. The van der Waals surface area contributed by atoms with Gasteiger partial charge in [-0.15, -0.1) is 0 Å². The van der Waals surface area contributed by atoms with Gasteiger partial charge in [0.25, 0.3) is 0 Å². The molecule has 2 aliphatic heterocycles. The molecule has 0 spiro atoms. The number of hydrogen-bond donors (Lipinski definition) is 0. The van der Waals surface area contributed by atoms with Gasteiger partial charge >= 0.3 is 131 Å². The van der Waals surface area contributed by atoms with E-state index in [9.17, 15) is 0 Å². The Bertz CT molecular complexity index is 535. The van der Waals surface area contributed by atoms with Gasteiger partial charge in [0.05, 0.1) is 0 Å². The van der Waals surface area contributed by atoms with Crippen molar-refractivity contribution >= 4 is 15.0 Å². The predicted molar refractivity (Wildman–Crippen MR) is 84.5 cm³/mol. The number of hydrogen-bond acceptors (Lipinski definition) is 2. The molecule has 2 aromatic rings. The molecular weight excluding hydrogens is 327 g/mol. The standard InChI is InChI=1S/C18H18O2Se/c1-3-7-17-13(5-1)9-15(19-17)11-21-12-16-10-14-6-2-4-8-18(14)20-16/h1-8,15-16H,9-12H2. The molecule has 0 amide bonds. The summed E-state index contributed by atoms with van der Waals surface area (Å²) in [6, 6.07) is 16.8. The van der Waals surface area contributed by atoms with Crippen molar-refractivity contribution in [2.24, 2.45) is 0 Å². The Morgan fingerprint density at radius 2 is 1.24 bits per heavy atom. The molecule has 4 rings (SSSR count). The van der Waals surface area contributed by atoms with Gasteiger partial charge in [-0.2, -0.15) is 0 Å².